The maximum atomic E-state index is 9.88. The van der Waals surface area contributed by atoms with Gasteiger partial charge in [0.05, 0.1) is 0 Å². The van der Waals surface area contributed by atoms with E-state index in [0.717, 1.165) is 6.42 Å². The van der Waals surface area contributed by atoms with E-state index in [2.05, 4.69) is 13.0 Å². The van der Waals surface area contributed by atoms with Gasteiger partial charge < -0.3 is 15.1 Å². The van der Waals surface area contributed by atoms with Crippen LogP contribution in [-0.4, -0.2) is 27.6 Å². The first-order valence-electron chi connectivity index (χ1n) is 8.97. The van der Waals surface area contributed by atoms with E-state index in [9.17, 15) is 10.2 Å². The highest BCUT2D eigenvalue weighted by atomic mass is 16.3. The minimum Gasteiger partial charge on any atom is -0.374 e. The highest BCUT2D eigenvalue weighted by molar-refractivity contribution is 4.85. The van der Waals surface area contributed by atoms with Crippen molar-refractivity contribution in [1.29, 1.82) is 0 Å². The van der Waals surface area contributed by atoms with Gasteiger partial charge in [-0.05, 0) is 25.7 Å². The summed E-state index contributed by atoms with van der Waals surface area (Å²) in [4.78, 5) is 1.66. The number of aliphatic hydroxyl groups excluding tert-OH is 2. The van der Waals surface area contributed by atoms with Crippen LogP contribution in [0.15, 0.2) is 12.3 Å². The van der Waals surface area contributed by atoms with Gasteiger partial charge in [-0.3, -0.25) is 0 Å². The van der Waals surface area contributed by atoms with Crippen molar-refractivity contribution in [3.05, 3.63) is 12.3 Å². The van der Waals surface area contributed by atoms with Crippen molar-refractivity contribution in [3.8, 4) is 0 Å². The fourth-order valence-corrected chi connectivity index (χ4v) is 2.41. The second kappa shape index (κ2) is 14.4. The van der Waals surface area contributed by atoms with Crippen molar-refractivity contribution in [1.82, 2.24) is 4.90 Å². The van der Waals surface area contributed by atoms with Crippen molar-refractivity contribution in [2.75, 3.05) is 0 Å². The molecule has 0 aromatic carbocycles. The topological polar surface area (TPSA) is 43.7 Å². The Morgan fingerprint density at radius 3 is 1.71 bits per heavy atom. The van der Waals surface area contributed by atoms with Gasteiger partial charge in [0.1, 0.15) is 12.5 Å². The first-order valence-corrected chi connectivity index (χ1v) is 8.97. The van der Waals surface area contributed by atoms with Gasteiger partial charge in [-0.1, -0.05) is 71.8 Å². The Labute approximate surface area is 132 Å². The smallest absolute Gasteiger partial charge is 0.128 e. The number of aliphatic hydroxyl groups is 2. The lowest BCUT2D eigenvalue weighted by atomic mass is 10.1. The Balaban J connectivity index is 3.72. The summed E-state index contributed by atoms with van der Waals surface area (Å²) in [5.74, 6) is 0. The Morgan fingerprint density at radius 2 is 1.24 bits per heavy atom. The Bertz CT molecular complexity index is 233. The summed E-state index contributed by atoms with van der Waals surface area (Å²) in [5.41, 5.74) is 0. The molecule has 0 bridgehead atoms. The molecule has 2 N–H and O–H groups in total. The van der Waals surface area contributed by atoms with Crippen molar-refractivity contribution in [2.45, 2.75) is 104 Å². The van der Waals surface area contributed by atoms with Crippen LogP contribution in [0.5, 0.6) is 0 Å². The predicted octanol–water partition coefficient (Wildman–Crippen LogP) is 4.79. The third-order valence-electron chi connectivity index (χ3n) is 3.92. The van der Waals surface area contributed by atoms with Crippen molar-refractivity contribution in [3.63, 3.8) is 0 Å². The normalized spacial score (nSPS) is 14.5. The van der Waals surface area contributed by atoms with Crippen molar-refractivity contribution >= 4 is 0 Å². The Kier molecular flexibility index (Phi) is 14.0. The molecule has 0 aromatic heterocycles. The molecule has 0 rings (SSSR count). The molecule has 126 valence electrons. The zero-order chi connectivity index (χ0) is 15.9. The fourth-order valence-electron chi connectivity index (χ4n) is 2.41. The maximum Gasteiger partial charge on any atom is 0.128 e. The summed E-state index contributed by atoms with van der Waals surface area (Å²) in [5, 5.41) is 19.8. The van der Waals surface area contributed by atoms with Crippen molar-refractivity contribution < 1.29 is 10.2 Å². The minimum absolute atomic E-state index is 0.588. The molecule has 0 aliphatic heterocycles. The highest BCUT2D eigenvalue weighted by Crippen LogP contribution is 2.12. The van der Waals surface area contributed by atoms with Gasteiger partial charge in [0.25, 0.3) is 0 Å². The molecule has 0 radical (unpaired) electrons. The first kappa shape index (κ1) is 20.5. The molecule has 21 heavy (non-hydrogen) atoms. The van der Waals surface area contributed by atoms with Crippen LogP contribution in [0.3, 0.4) is 0 Å². The van der Waals surface area contributed by atoms with E-state index in [0.29, 0.717) is 12.8 Å². The summed E-state index contributed by atoms with van der Waals surface area (Å²) in [7, 11) is 0. The quantitative estimate of drug-likeness (QED) is 0.358. The van der Waals surface area contributed by atoms with Gasteiger partial charge in [0.2, 0.25) is 0 Å². The molecular weight excluding hydrogens is 262 g/mol. The number of hydrogen-bond donors (Lipinski definition) is 2. The first-order chi connectivity index (χ1) is 10.2. The van der Waals surface area contributed by atoms with Crippen LogP contribution in [0.4, 0.5) is 0 Å². The second-order valence-electron chi connectivity index (χ2n) is 5.87. The van der Waals surface area contributed by atoms with Gasteiger partial charge in [-0.2, -0.15) is 0 Å². The molecule has 0 amide bonds. The third kappa shape index (κ3) is 10.8. The zero-order valence-electron chi connectivity index (χ0n) is 14.4. The molecule has 0 saturated heterocycles. The van der Waals surface area contributed by atoms with Crippen LogP contribution < -0.4 is 0 Å². The molecule has 0 aliphatic rings. The molecular formula is C18H37NO2. The van der Waals surface area contributed by atoms with Gasteiger partial charge in [-0.25, -0.2) is 0 Å². The van der Waals surface area contributed by atoms with Crippen molar-refractivity contribution in [2.24, 2.45) is 0 Å². The number of allylic oxidation sites excluding steroid dienone is 1. The number of rotatable bonds is 14. The molecule has 0 saturated carbocycles. The molecule has 0 fully saturated rings. The number of unbranched alkanes of at least 4 members (excludes halogenated alkanes) is 8. The molecule has 3 heteroatoms. The summed E-state index contributed by atoms with van der Waals surface area (Å²) in [6, 6.07) is 0. The molecule has 2 unspecified atom stereocenters. The monoisotopic (exact) mass is 299 g/mol. The van der Waals surface area contributed by atoms with Crippen LogP contribution in [0.25, 0.3) is 0 Å². The predicted molar refractivity (Wildman–Crippen MR) is 90.8 cm³/mol. The summed E-state index contributed by atoms with van der Waals surface area (Å²) >= 11 is 0. The standard InChI is InChI=1S/C18H37NO2/c1-4-7-8-9-10-11-12-13-14-15-16-19(17(20)5-2)18(21)6-3/h15-18,20-21H,4-14H2,1-3H3. The molecule has 0 heterocycles. The minimum atomic E-state index is -0.588. The van der Waals surface area contributed by atoms with Gasteiger partial charge in [-0.15, -0.1) is 0 Å². The summed E-state index contributed by atoms with van der Waals surface area (Å²) in [6.07, 6.45) is 15.7. The molecule has 0 aromatic rings. The Morgan fingerprint density at radius 1 is 0.762 bits per heavy atom. The average molecular weight is 299 g/mol. The van der Waals surface area contributed by atoms with Gasteiger partial charge in [0.15, 0.2) is 0 Å². The van der Waals surface area contributed by atoms with Gasteiger partial charge in [0, 0.05) is 6.20 Å². The molecule has 3 nitrogen and oxygen atoms in total. The van der Waals surface area contributed by atoms with Crippen LogP contribution >= 0.6 is 0 Å². The lowest BCUT2D eigenvalue weighted by Crippen LogP contribution is -2.38. The SMILES string of the molecule is CCCCCCCCCCC=CN(C(O)CC)C(O)CC. The molecule has 0 aliphatic carbocycles. The Hall–Kier alpha value is -0.540. The summed E-state index contributed by atoms with van der Waals surface area (Å²) < 4.78 is 0. The van der Waals surface area contributed by atoms with E-state index in [1.807, 2.05) is 20.0 Å². The van der Waals surface area contributed by atoms with E-state index in [-0.39, 0.29) is 0 Å². The van der Waals surface area contributed by atoms with E-state index >= 15 is 0 Å². The lowest BCUT2D eigenvalue weighted by molar-refractivity contribution is -0.0725. The summed E-state index contributed by atoms with van der Waals surface area (Å²) in [6.45, 7) is 6.10. The number of hydrogen-bond acceptors (Lipinski definition) is 3. The van der Waals surface area contributed by atoms with Crippen LogP contribution in [0, 0.1) is 0 Å². The fraction of sp³-hybridized carbons (Fsp3) is 0.889. The number of nitrogens with zero attached hydrogens (tertiary/aromatic N) is 1. The second-order valence-corrected chi connectivity index (χ2v) is 5.87. The van der Waals surface area contributed by atoms with Crippen LogP contribution in [0.1, 0.15) is 91.4 Å². The van der Waals surface area contributed by atoms with E-state index in [1.165, 1.54) is 51.4 Å². The average Bonchev–Trinajstić information content (AvgIpc) is 2.51. The van der Waals surface area contributed by atoms with Gasteiger partial charge >= 0.3 is 0 Å². The van der Waals surface area contributed by atoms with Crippen LogP contribution in [-0.2, 0) is 0 Å². The maximum absolute atomic E-state index is 9.88. The van der Waals surface area contributed by atoms with E-state index < -0.39 is 12.5 Å². The van der Waals surface area contributed by atoms with E-state index in [4.69, 9.17) is 0 Å². The third-order valence-corrected chi connectivity index (χ3v) is 3.92. The van der Waals surface area contributed by atoms with E-state index in [1.54, 1.807) is 4.90 Å². The van der Waals surface area contributed by atoms with Crippen LogP contribution in [0.2, 0.25) is 0 Å². The largest absolute Gasteiger partial charge is 0.374 e. The highest BCUT2D eigenvalue weighted by Gasteiger charge is 2.15. The molecule has 0 spiro atoms. The molecule has 2 atom stereocenters. The zero-order valence-corrected chi connectivity index (χ0v) is 14.4. The lowest BCUT2D eigenvalue weighted by Gasteiger charge is -2.30.